The van der Waals surface area contributed by atoms with E-state index in [1.807, 2.05) is 20.8 Å². The SMILES string of the molecule is C#CC(CO[Si](C)(C)C(C)(C)C)N(C)C(=O)OC(C)(C)C. The van der Waals surface area contributed by atoms with Crippen molar-refractivity contribution in [2.24, 2.45) is 0 Å². The van der Waals surface area contributed by atoms with Gasteiger partial charge in [-0.3, -0.25) is 4.90 Å². The van der Waals surface area contributed by atoms with Crippen molar-refractivity contribution in [3.8, 4) is 12.3 Å². The highest BCUT2D eigenvalue weighted by atomic mass is 28.4. The number of nitrogens with zero attached hydrogens (tertiary/aromatic N) is 1. The number of amides is 1. The first kappa shape index (κ1) is 20.0. The van der Waals surface area contributed by atoms with Gasteiger partial charge in [0.1, 0.15) is 11.6 Å². The van der Waals surface area contributed by atoms with Crippen LogP contribution in [0.25, 0.3) is 0 Å². The Bertz CT molecular complexity index is 399. The normalized spacial score (nSPS) is 14.3. The van der Waals surface area contributed by atoms with Crippen LogP contribution < -0.4 is 0 Å². The molecule has 0 spiro atoms. The molecule has 21 heavy (non-hydrogen) atoms. The summed E-state index contributed by atoms with van der Waals surface area (Å²) in [5, 5.41) is 0.108. The number of rotatable bonds is 4. The van der Waals surface area contributed by atoms with Crippen LogP contribution in [-0.4, -0.2) is 44.6 Å². The van der Waals surface area contributed by atoms with Crippen molar-refractivity contribution < 1.29 is 14.0 Å². The fourth-order valence-electron chi connectivity index (χ4n) is 1.24. The summed E-state index contributed by atoms with van der Waals surface area (Å²) in [7, 11) is -0.239. The summed E-state index contributed by atoms with van der Waals surface area (Å²) < 4.78 is 11.4. The first-order valence-corrected chi connectivity index (χ1v) is 10.2. The minimum atomic E-state index is -1.89. The average Bonchev–Trinajstić information content (AvgIpc) is 2.25. The van der Waals surface area contributed by atoms with Crippen LogP contribution in [0.2, 0.25) is 18.1 Å². The highest BCUT2D eigenvalue weighted by molar-refractivity contribution is 6.74. The molecule has 0 rings (SSSR count). The summed E-state index contributed by atoms with van der Waals surface area (Å²) in [6.45, 7) is 16.6. The Balaban J connectivity index is 4.75. The van der Waals surface area contributed by atoms with E-state index in [4.69, 9.17) is 15.6 Å². The highest BCUT2D eigenvalue weighted by Crippen LogP contribution is 2.36. The van der Waals surface area contributed by atoms with Crippen LogP contribution >= 0.6 is 0 Å². The molecule has 0 aliphatic rings. The minimum absolute atomic E-state index is 0.108. The molecular formula is C16H31NO3Si. The minimum Gasteiger partial charge on any atom is -0.444 e. The van der Waals surface area contributed by atoms with Gasteiger partial charge in [-0.25, -0.2) is 4.79 Å². The van der Waals surface area contributed by atoms with E-state index in [9.17, 15) is 4.79 Å². The largest absolute Gasteiger partial charge is 0.444 e. The van der Waals surface area contributed by atoms with Crippen LogP contribution in [0.1, 0.15) is 41.5 Å². The van der Waals surface area contributed by atoms with Crippen LogP contribution in [0.15, 0.2) is 0 Å². The topological polar surface area (TPSA) is 38.8 Å². The molecule has 0 N–H and O–H groups in total. The number of likely N-dealkylation sites (N-methyl/N-ethyl adjacent to an activating group) is 1. The molecule has 0 radical (unpaired) electrons. The molecule has 0 heterocycles. The lowest BCUT2D eigenvalue weighted by atomic mass is 10.2. The van der Waals surface area contributed by atoms with Gasteiger partial charge in [0.05, 0.1) is 6.61 Å². The summed E-state index contributed by atoms with van der Waals surface area (Å²) in [5.74, 6) is 2.61. The van der Waals surface area contributed by atoms with Crippen LogP contribution in [0, 0.1) is 12.3 Å². The first-order chi connectivity index (χ1) is 9.21. The predicted molar refractivity (Wildman–Crippen MR) is 89.8 cm³/mol. The number of hydrogen-bond acceptors (Lipinski definition) is 3. The molecule has 0 aromatic heterocycles. The zero-order chi connectivity index (χ0) is 17.1. The lowest BCUT2D eigenvalue weighted by Gasteiger charge is -2.37. The van der Waals surface area contributed by atoms with Gasteiger partial charge in [0.15, 0.2) is 8.32 Å². The first-order valence-electron chi connectivity index (χ1n) is 7.27. The third-order valence-electron chi connectivity index (χ3n) is 3.75. The van der Waals surface area contributed by atoms with Gasteiger partial charge in [0, 0.05) is 7.05 Å². The van der Waals surface area contributed by atoms with Crippen molar-refractivity contribution in [3.63, 3.8) is 0 Å². The number of carbonyl (C=O) groups excluding carboxylic acids is 1. The summed E-state index contributed by atoms with van der Waals surface area (Å²) >= 11 is 0. The fourth-order valence-corrected chi connectivity index (χ4v) is 2.24. The van der Waals surface area contributed by atoms with Crippen molar-refractivity contribution in [1.29, 1.82) is 0 Å². The summed E-state index contributed by atoms with van der Waals surface area (Å²) in [4.78, 5) is 13.5. The molecule has 1 amide bonds. The van der Waals surface area contributed by atoms with E-state index in [-0.39, 0.29) is 5.04 Å². The third-order valence-corrected chi connectivity index (χ3v) is 8.25. The number of terminal acetylenes is 1. The van der Waals surface area contributed by atoms with Crippen molar-refractivity contribution in [1.82, 2.24) is 4.90 Å². The van der Waals surface area contributed by atoms with E-state index < -0.39 is 26.1 Å². The Morgan fingerprint density at radius 3 is 2.05 bits per heavy atom. The Morgan fingerprint density at radius 1 is 1.24 bits per heavy atom. The van der Waals surface area contributed by atoms with Gasteiger partial charge < -0.3 is 9.16 Å². The molecule has 0 aliphatic heterocycles. The summed E-state index contributed by atoms with van der Waals surface area (Å²) in [5.41, 5.74) is -0.537. The monoisotopic (exact) mass is 313 g/mol. The lowest BCUT2D eigenvalue weighted by Crippen LogP contribution is -2.47. The van der Waals surface area contributed by atoms with Gasteiger partial charge in [0.25, 0.3) is 0 Å². The van der Waals surface area contributed by atoms with E-state index in [2.05, 4.69) is 39.8 Å². The number of ether oxygens (including phenoxy) is 1. The Morgan fingerprint density at radius 2 is 1.71 bits per heavy atom. The maximum atomic E-state index is 12.0. The highest BCUT2D eigenvalue weighted by Gasteiger charge is 2.38. The van der Waals surface area contributed by atoms with Crippen LogP contribution in [0.5, 0.6) is 0 Å². The molecule has 122 valence electrons. The van der Waals surface area contributed by atoms with E-state index in [0.29, 0.717) is 6.61 Å². The zero-order valence-corrected chi connectivity index (χ0v) is 16.0. The van der Waals surface area contributed by atoms with Crippen molar-refractivity contribution in [2.75, 3.05) is 13.7 Å². The molecule has 0 fully saturated rings. The maximum absolute atomic E-state index is 12.0. The van der Waals surface area contributed by atoms with Gasteiger partial charge in [-0.2, -0.15) is 0 Å². The Hall–Kier alpha value is -0.993. The molecule has 0 aliphatic carbocycles. The van der Waals surface area contributed by atoms with Gasteiger partial charge in [-0.05, 0) is 38.9 Å². The van der Waals surface area contributed by atoms with E-state index in [1.165, 1.54) is 4.90 Å². The molecular weight excluding hydrogens is 282 g/mol. The Labute approximate surface area is 131 Å². The van der Waals surface area contributed by atoms with Crippen molar-refractivity contribution in [3.05, 3.63) is 0 Å². The van der Waals surface area contributed by atoms with Crippen molar-refractivity contribution in [2.45, 2.75) is 71.3 Å². The van der Waals surface area contributed by atoms with E-state index >= 15 is 0 Å². The summed E-state index contributed by atoms with van der Waals surface area (Å²) in [6.07, 6.45) is 5.12. The quantitative estimate of drug-likeness (QED) is 0.584. The van der Waals surface area contributed by atoms with E-state index in [1.54, 1.807) is 7.05 Å². The molecule has 1 unspecified atom stereocenters. The average molecular weight is 314 g/mol. The maximum Gasteiger partial charge on any atom is 0.411 e. The second kappa shape index (κ2) is 6.84. The smallest absolute Gasteiger partial charge is 0.411 e. The molecule has 0 saturated carbocycles. The molecule has 0 bridgehead atoms. The summed E-state index contributed by atoms with van der Waals surface area (Å²) in [6, 6.07) is -0.422. The van der Waals surface area contributed by atoms with Crippen molar-refractivity contribution >= 4 is 14.4 Å². The Kier molecular flexibility index (Phi) is 6.52. The van der Waals surface area contributed by atoms with Gasteiger partial charge >= 0.3 is 6.09 Å². The molecule has 0 aromatic rings. The molecule has 4 nitrogen and oxygen atoms in total. The molecule has 0 aromatic carbocycles. The third kappa shape index (κ3) is 6.53. The predicted octanol–water partition coefficient (Wildman–Crippen LogP) is 3.88. The second-order valence-electron chi connectivity index (χ2n) is 7.85. The fraction of sp³-hybridized carbons (Fsp3) is 0.812. The van der Waals surface area contributed by atoms with E-state index in [0.717, 1.165) is 0 Å². The zero-order valence-electron chi connectivity index (χ0n) is 15.0. The molecule has 5 heteroatoms. The number of carbonyl (C=O) groups is 1. The van der Waals surface area contributed by atoms with Crippen LogP contribution in [0.3, 0.4) is 0 Å². The standard InChI is InChI=1S/C16H31NO3Si/c1-11-13(12-19-21(9,10)16(5,6)7)17(8)14(18)20-15(2,3)4/h1,13H,12H2,2-10H3. The van der Waals surface area contributed by atoms with Crippen LogP contribution in [-0.2, 0) is 9.16 Å². The molecule has 1 atom stereocenters. The van der Waals surface area contributed by atoms with Gasteiger partial charge in [-0.15, -0.1) is 6.42 Å². The van der Waals surface area contributed by atoms with Gasteiger partial charge in [-0.1, -0.05) is 26.7 Å². The van der Waals surface area contributed by atoms with Crippen LogP contribution in [0.4, 0.5) is 4.79 Å². The van der Waals surface area contributed by atoms with Gasteiger partial charge in [0.2, 0.25) is 0 Å². The number of hydrogen-bond donors (Lipinski definition) is 0. The lowest BCUT2D eigenvalue weighted by molar-refractivity contribution is 0.0223. The second-order valence-corrected chi connectivity index (χ2v) is 12.7. The molecule has 0 saturated heterocycles.